The molecule has 5 heteroatoms. The first-order valence-electron chi connectivity index (χ1n) is 12.1. The first kappa shape index (κ1) is 30.5. The molecule has 29 heavy (non-hydrogen) atoms. The Morgan fingerprint density at radius 1 is 0.621 bits per heavy atom. The minimum absolute atomic E-state index is 0.343. The van der Waals surface area contributed by atoms with E-state index in [0.717, 1.165) is 25.7 Å². The van der Waals surface area contributed by atoms with Crippen LogP contribution in [0.5, 0.6) is 0 Å². The highest BCUT2D eigenvalue weighted by molar-refractivity contribution is 7.81. The zero-order valence-corrected chi connectivity index (χ0v) is 20.1. The average Bonchev–Trinajstić information content (AvgIpc) is 2.68. The summed E-state index contributed by atoms with van der Waals surface area (Å²) in [4.78, 5) is 20.7. The van der Waals surface area contributed by atoms with Crippen molar-refractivity contribution in [3.63, 3.8) is 0 Å². The molecule has 0 aromatic carbocycles. The second kappa shape index (κ2) is 25.3. The van der Waals surface area contributed by atoms with Crippen molar-refractivity contribution in [2.45, 2.75) is 141 Å². The summed E-state index contributed by atoms with van der Waals surface area (Å²) >= 11 is 4.00. The van der Waals surface area contributed by atoms with Gasteiger partial charge in [-0.2, -0.15) is 12.6 Å². The quantitative estimate of drug-likeness (QED) is 0.135. The van der Waals surface area contributed by atoms with Crippen molar-refractivity contribution in [1.82, 2.24) is 0 Å². The van der Waals surface area contributed by atoms with Crippen LogP contribution in [0.3, 0.4) is 0 Å². The number of carbonyl (C=O) groups is 2. The fraction of sp³-hybridized carbons (Fsp3) is 0.917. The summed E-state index contributed by atoms with van der Waals surface area (Å²) in [6.07, 6.45) is 22.2. The third kappa shape index (κ3) is 29.6. The molecule has 0 aliphatic rings. The SMILES string of the molecule is CCCCCCCCCCC(S)C(=O)O.CCCCCCCCCCCC(=O)O. The standard InChI is InChI=1S/C12H24O2S.C12H24O2/c1-2-3-4-5-6-7-8-9-10-11(15)12(13)14;1-2-3-4-5-6-7-8-9-10-11-12(13)14/h11,15H,2-10H2,1H3,(H,13,14);2-11H2,1H3,(H,13,14). The molecular formula is C24H48O4S. The Morgan fingerprint density at radius 3 is 1.31 bits per heavy atom. The van der Waals surface area contributed by atoms with Crippen molar-refractivity contribution in [2.75, 3.05) is 0 Å². The van der Waals surface area contributed by atoms with Gasteiger partial charge in [-0.25, -0.2) is 0 Å². The topological polar surface area (TPSA) is 74.6 Å². The molecule has 0 aliphatic heterocycles. The number of carboxylic acids is 2. The molecule has 0 aromatic rings. The Bertz CT molecular complexity index is 361. The molecule has 0 saturated carbocycles. The highest BCUT2D eigenvalue weighted by atomic mass is 32.1. The summed E-state index contributed by atoms with van der Waals surface area (Å²) in [5, 5.41) is 16.6. The fourth-order valence-electron chi connectivity index (χ4n) is 3.18. The predicted octanol–water partition coefficient (Wildman–Crippen LogP) is 7.89. The molecule has 0 fully saturated rings. The number of hydrogen-bond donors (Lipinski definition) is 3. The summed E-state index contributed by atoms with van der Waals surface area (Å²) in [5.41, 5.74) is 0. The zero-order chi connectivity index (χ0) is 22.2. The van der Waals surface area contributed by atoms with Crippen molar-refractivity contribution in [1.29, 1.82) is 0 Å². The first-order chi connectivity index (χ1) is 14.0. The molecule has 4 nitrogen and oxygen atoms in total. The number of aliphatic carboxylic acids is 2. The maximum absolute atomic E-state index is 10.5. The minimum atomic E-state index is -0.790. The van der Waals surface area contributed by atoms with Crippen molar-refractivity contribution in [3.05, 3.63) is 0 Å². The second-order valence-electron chi connectivity index (χ2n) is 8.09. The van der Waals surface area contributed by atoms with Crippen molar-refractivity contribution < 1.29 is 19.8 Å². The summed E-state index contributed by atoms with van der Waals surface area (Å²) in [5.74, 6) is -1.45. The van der Waals surface area contributed by atoms with E-state index in [9.17, 15) is 9.59 Å². The third-order valence-corrected chi connectivity index (χ3v) is 5.59. The van der Waals surface area contributed by atoms with E-state index in [2.05, 4.69) is 26.5 Å². The van der Waals surface area contributed by atoms with E-state index >= 15 is 0 Å². The Labute approximate surface area is 185 Å². The molecule has 0 saturated heterocycles. The van der Waals surface area contributed by atoms with Crippen LogP contribution in [-0.2, 0) is 9.59 Å². The number of unbranched alkanes of at least 4 members (excludes halogenated alkanes) is 15. The maximum Gasteiger partial charge on any atom is 0.316 e. The van der Waals surface area contributed by atoms with Crippen LogP contribution in [0, 0.1) is 0 Å². The second-order valence-corrected chi connectivity index (χ2v) is 8.71. The number of hydrogen-bond acceptors (Lipinski definition) is 3. The van der Waals surface area contributed by atoms with Gasteiger partial charge in [0.2, 0.25) is 0 Å². The van der Waals surface area contributed by atoms with Crippen LogP contribution in [0.15, 0.2) is 0 Å². The van der Waals surface area contributed by atoms with Gasteiger partial charge < -0.3 is 10.2 Å². The van der Waals surface area contributed by atoms with Gasteiger partial charge in [-0.15, -0.1) is 0 Å². The Balaban J connectivity index is 0. The van der Waals surface area contributed by atoms with Crippen LogP contribution >= 0.6 is 12.6 Å². The largest absolute Gasteiger partial charge is 0.481 e. The van der Waals surface area contributed by atoms with Gasteiger partial charge in [0.05, 0.1) is 5.25 Å². The van der Waals surface area contributed by atoms with Crippen LogP contribution in [0.25, 0.3) is 0 Å². The fourth-order valence-corrected chi connectivity index (χ4v) is 3.36. The lowest BCUT2D eigenvalue weighted by Crippen LogP contribution is -2.12. The van der Waals surface area contributed by atoms with Gasteiger partial charge >= 0.3 is 11.9 Å². The van der Waals surface area contributed by atoms with E-state index in [1.54, 1.807) is 0 Å². The lowest BCUT2D eigenvalue weighted by molar-refractivity contribution is -0.137. The molecule has 0 aromatic heterocycles. The molecule has 0 radical (unpaired) electrons. The Kier molecular flexibility index (Phi) is 26.6. The molecule has 0 bridgehead atoms. The number of carboxylic acid groups (broad SMARTS) is 2. The molecule has 0 aliphatic carbocycles. The highest BCUT2D eigenvalue weighted by Gasteiger charge is 2.10. The van der Waals surface area contributed by atoms with E-state index in [4.69, 9.17) is 10.2 Å². The monoisotopic (exact) mass is 432 g/mol. The summed E-state index contributed by atoms with van der Waals surface area (Å²) in [6.45, 7) is 4.45. The van der Waals surface area contributed by atoms with Crippen LogP contribution in [0.4, 0.5) is 0 Å². The van der Waals surface area contributed by atoms with Crippen molar-refractivity contribution in [2.24, 2.45) is 0 Å². The zero-order valence-electron chi connectivity index (χ0n) is 19.2. The van der Waals surface area contributed by atoms with Crippen LogP contribution in [0.1, 0.15) is 136 Å². The summed E-state index contributed by atoms with van der Waals surface area (Å²) in [7, 11) is 0. The predicted molar refractivity (Wildman–Crippen MR) is 127 cm³/mol. The Hall–Kier alpha value is -0.710. The van der Waals surface area contributed by atoms with E-state index in [1.807, 2.05) is 0 Å². The minimum Gasteiger partial charge on any atom is -0.481 e. The molecule has 1 unspecified atom stereocenters. The average molecular weight is 433 g/mol. The van der Waals surface area contributed by atoms with E-state index in [-0.39, 0.29) is 0 Å². The van der Waals surface area contributed by atoms with E-state index in [1.165, 1.54) is 83.5 Å². The molecule has 0 rings (SSSR count). The molecular weight excluding hydrogens is 384 g/mol. The van der Waals surface area contributed by atoms with Gasteiger partial charge in [-0.1, -0.05) is 117 Å². The maximum atomic E-state index is 10.5. The van der Waals surface area contributed by atoms with Gasteiger partial charge in [0.1, 0.15) is 0 Å². The van der Waals surface area contributed by atoms with Crippen molar-refractivity contribution in [3.8, 4) is 0 Å². The summed E-state index contributed by atoms with van der Waals surface area (Å²) < 4.78 is 0. The molecule has 2 N–H and O–H groups in total. The molecule has 1 atom stereocenters. The molecule has 0 heterocycles. The third-order valence-electron chi connectivity index (χ3n) is 5.11. The van der Waals surface area contributed by atoms with Crippen LogP contribution in [0.2, 0.25) is 0 Å². The number of rotatable bonds is 20. The van der Waals surface area contributed by atoms with Gasteiger partial charge in [0, 0.05) is 6.42 Å². The van der Waals surface area contributed by atoms with Crippen LogP contribution < -0.4 is 0 Å². The molecule has 174 valence electrons. The smallest absolute Gasteiger partial charge is 0.316 e. The van der Waals surface area contributed by atoms with Gasteiger partial charge in [-0.05, 0) is 12.8 Å². The molecule has 0 amide bonds. The van der Waals surface area contributed by atoms with E-state index < -0.39 is 17.2 Å². The number of thiol groups is 1. The summed E-state index contributed by atoms with van der Waals surface area (Å²) in [6, 6.07) is 0. The van der Waals surface area contributed by atoms with Crippen LogP contribution in [-0.4, -0.2) is 27.4 Å². The van der Waals surface area contributed by atoms with Gasteiger partial charge in [-0.3, -0.25) is 9.59 Å². The van der Waals surface area contributed by atoms with Gasteiger partial charge in [0.15, 0.2) is 0 Å². The lowest BCUT2D eigenvalue weighted by atomic mass is 10.1. The van der Waals surface area contributed by atoms with Crippen molar-refractivity contribution >= 4 is 24.6 Å². The molecule has 0 spiro atoms. The first-order valence-corrected chi connectivity index (χ1v) is 12.6. The lowest BCUT2D eigenvalue weighted by Gasteiger charge is -2.04. The Morgan fingerprint density at radius 2 is 0.966 bits per heavy atom. The normalized spacial score (nSPS) is 11.6. The van der Waals surface area contributed by atoms with Gasteiger partial charge in [0.25, 0.3) is 0 Å². The van der Waals surface area contributed by atoms with E-state index in [0.29, 0.717) is 12.8 Å². The highest BCUT2D eigenvalue weighted by Crippen LogP contribution is 2.13.